The molecule has 0 aromatic heterocycles. The molecule has 582 valence electrons. The highest BCUT2D eigenvalue weighted by molar-refractivity contribution is 7.47. The van der Waals surface area contributed by atoms with E-state index in [1.807, 2.05) is 0 Å². The molecule has 0 amide bonds. The van der Waals surface area contributed by atoms with E-state index in [-0.39, 0.29) is 25.7 Å². The first-order valence-electron chi connectivity index (χ1n) is 41.1. The molecule has 0 aliphatic heterocycles. The number of unbranched alkanes of at least 4 members (excludes halogenated alkanes) is 51. The van der Waals surface area contributed by atoms with Gasteiger partial charge in [-0.25, -0.2) is 9.13 Å². The minimum atomic E-state index is -4.96. The Morgan fingerprint density at radius 3 is 0.694 bits per heavy atom. The SMILES string of the molecule is CCCCCCCCCCCCCCCCCCCCC(=O)OC[C@H](COP(=O)(O)OC[C@@H](O)COP(=O)(O)OC[C@@H](COC(=O)CCCCCCC)OC(=O)CCCCCCCCCCCCCCCCCC)OC(=O)CCCCCCCCCCCCCCCCCCC(C)C. The molecule has 5 atom stereocenters. The van der Waals surface area contributed by atoms with Crippen LogP contribution in [0, 0.1) is 5.92 Å². The molecule has 0 aromatic rings. The number of carbonyl (C=O) groups is 4. The highest BCUT2D eigenvalue weighted by Crippen LogP contribution is 2.45. The van der Waals surface area contributed by atoms with E-state index in [4.69, 9.17) is 37.0 Å². The maximum absolute atomic E-state index is 13.1. The third-order valence-corrected chi connectivity index (χ3v) is 20.4. The van der Waals surface area contributed by atoms with Crippen LogP contribution in [0.5, 0.6) is 0 Å². The van der Waals surface area contributed by atoms with E-state index in [1.165, 1.54) is 238 Å². The van der Waals surface area contributed by atoms with Crippen LogP contribution in [0.3, 0.4) is 0 Å². The monoisotopic (exact) mass is 1440 g/mol. The fourth-order valence-corrected chi connectivity index (χ4v) is 13.8. The molecule has 2 unspecified atom stereocenters. The topological polar surface area (TPSA) is 237 Å². The Hall–Kier alpha value is -1.94. The molecular weight excluding hydrogens is 1280 g/mol. The highest BCUT2D eigenvalue weighted by atomic mass is 31.2. The summed E-state index contributed by atoms with van der Waals surface area (Å²) in [6, 6.07) is 0. The van der Waals surface area contributed by atoms with Crippen LogP contribution in [0.15, 0.2) is 0 Å². The Balaban J connectivity index is 5.12. The van der Waals surface area contributed by atoms with Gasteiger partial charge in [-0.3, -0.25) is 37.3 Å². The first-order chi connectivity index (χ1) is 47.5. The number of ether oxygens (including phenoxy) is 4. The molecule has 98 heavy (non-hydrogen) atoms. The van der Waals surface area contributed by atoms with Gasteiger partial charge in [-0.15, -0.1) is 0 Å². The number of phosphoric acid groups is 2. The Labute approximate surface area is 600 Å². The average molecular weight is 1440 g/mol. The summed E-state index contributed by atoms with van der Waals surface area (Å²) < 4.78 is 68.4. The van der Waals surface area contributed by atoms with Crippen molar-refractivity contribution < 1.29 is 80.2 Å². The molecule has 0 saturated carbocycles. The van der Waals surface area contributed by atoms with Crippen LogP contribution in [-0.4, -0.2) is 96.7 Å². The molecule has 0 heterocycles. The largest absolute Gasteiger partial charge is 0.472 e. The Bertz CT molecular complexity index is 1870. The third-order valence-electron chi connectivity index (χ3n) is 18.5. The lowest BCUT2D eigenvalue weighted by Crippen LogP contribution is -2.30. The van der Waals surface area contributed by atoms with E-state index in [9.17, 15) is 43.2 Å². The van der Waals surface area contributed by atoms with Crippen molar-refractivity contribution in [1.82, 2.24) is 0 Å². The number of rotatable bonds is 79. The van der Waals surface area contributed by atoms with Crippen molar-refractivity contribution in [3.63, 3.8) is 0 Å². The molecule has 0 aliphatic carbocycles. The van der Waals surface area contributed by atoms with Gasteiger partial charge in [0, 0.05) is 25.7 Å². The second kappa shape index (κ2) is 72.0. The molecule has 19 heteroatoms. The Morgan fingerprint density at radius 2 is 0.469 bits per heavy atom. The molecule has 3 N–H and O–H groups in total. The third kappa shape index (κ3) is 72.4. The van der Waals surface area contributed by atoms with Gasteiger partial charge in [0.15, 0.2) is 12.2 Å². The van der Waals surface area contributed by atoms with Crippen molar-refractivity contribution in [2.45, 2.75) is 438 Å². The number of aliphatic hydroxyl groups is 1. The summed E-state index contributed by atoms with van der Waals surface area (Å²) in [4.78, 5) is 72.7. The quantitative estimate of drug-likeness (QED) is 0.0222. The van der Waals surface area contributed by atoms with E-state index in [0.717, 1.165) is 102 Å². The lowest BCUT2D eigenvalue weighted by molar-refractivity contribution is -0.161. The number of carbonyl (C=O) groups excluding carboxylic acids is 4. The van der Waals surface area contributed by atoms with Crippen LogP contribution in [0.1, 0.15) is 420 Å². The Morgan fingerprint density at radius 1 is 0.276 bits per heavy atom. The molecule has 0 saturated heterocycles. The van der Waals surface area contributed by atoms with Crippen molar-refractivity contribution >= 4 is 39.5 Å². The summed E-state index contributed by atoms with van der Waals surface area (Å²) in [6.45, 7) is 7.26. The number of esters is 4. The average Bonchev–Trinajstić information content (AvgIpc) is 0.973. The fourth-order valence-electron chi connectivity index (χ4n) is 12.2. The molecule has 0 aliphatic rings. The lowest BCUT2D eigenvalue weighted by Gasteiger charge is -2.21. The van der Waals surface area contributed by atoms with Crippen molar-refractivity contribution in [1.29, 1.82) is 0 Å². The first-order valence-corrected chi connectivity index (χ1v) is 44.1. The van der Waals surface area contributed by atoms with Crippen LogP contribution in [0.4, 0.5) is 0 Å². The van der Waals surface area contributed by atoms with Crippen LogP contribution in [-0.2, 0) is 65.4 Å². The van der Waals surface area contributed by atoms with Gasteiger partial charge in [0.05, 0.1) is 26.4 Å². The van der Waals surface area contributed by atoms with Crippen LogP contribution in [0.25, 0.3) is 0 Å². The molecule has 0 fully saturated rings. The molecule has 17 nitrogen and oxygen atoms in total. The molecule has 0 rings (SSSR count). The van der Waals surface area contributed by atoms with Gasteiger partial charge in [-0.1, -0.05) is 369 Å². The number of phosphoric ester groups is 2. The summed E-state index contributed by atoms with van der Waals surface area (Å²) in [6.07, 6.45) is 62.9. The van der Waals surface area contributed by atoms with Gasteiger partial charge in [0.25, 0.3) is 0 Å². The van der Waals surface area contributed by atoms with Crippen molar-refractivity contribution in [3.8, 4) is 0 Å². The molecule has 0 bridgehead atoms. The van der Waals surface area contributed by atoms with Gasteiger partial charge >= 0.3 is 39.5 Å². The van der Waals surface area contributed by atoms with Crippen molar-refractivity contribution in [2.75, 3.05) is 39.6 Å². The summed E-state index contributed by atoms with van der Waals surface area (Å²) in [7, 11) is -9.91. The lowest BCUT2D eigenvalue weighted by atomic mass is 10.0. The van der Waals surface area contributed by atoms with E-state index in [2.05, 4.69) is 34.6 Å². The molecule has 0 radical (unpaired) electrons. The summed E-state index contributed by atoms with van der Waals surface area (Å²) in [5.74, 6) is -1.31. The summed E-state index contributed by atoms with van der Waals surface area (Å²) in [5, 5.41) is 10.6. The summed E-state index contributed by atoms with van der Waals surface area (Å²) in [5.41, 5.74) is 0. The van der Waals surface area contributed by atoms with E-state index >= 15 is 0 Å². The van der Waals surface area contributed by atoms with E-state index in [0.29, 0.717) is 25.7 Å². The zero-order chi connectivity index (χ0) is 71.9. The zero-order valence-electron chi connectivity index (χ0n) is 63.9. The Kier molecular flexibility index (Phi) is 70.6. The van der Waals surface area contributed by atoms with Gasteiger partial charge in [0.2, 0.25) is 0 Å². The van der Waals surface area contributed by atoms with Gasteiger partial charge in [-0.05, 0) is 31.6 Å². The van der Waals surface area contributed by atoms with Gasteiger partial charge in [-0.2, -0.15) is 0 Å². The minimum Gasteiger partial charge on any atom is -0.462 e. The van der Waals surface area contributed by atoms with Crippen molar-refractivity contribution in [2.24, 2.45) is 5.92 Å². The zero-order valence-corrected chi connectivity index (χ0v) is 65.7. The second-order valence-corrected chi connectivity index (χ2v) is 31.8. The van der Waals surface area contributed by atoms with Crippen LogP contribution in [0.2, 0.25) is 0 Å². The summed E-state index contributed by atoms with van der Waals surface area (Å²) >= 11 is 0. The maximum Gasteiger partial charge on any atom is 0.472 e. The fraction of sp³-hybridized carbons (Fsp3) is 0.949. The van der Waals surface area contributed by atoms with Crippen molar-refractivity contribution in [3.05, 3.63) is 0 Å². The van der Waals surface area contributed by atoms with E-state index < -0.39 is 97.5 Å². The van der Waals surface area contributed by atoms with Crippen LogP contribution < -0.4 is 0 Å². The normalized spacial score (nSPS) is 13.9. The van der Waals surface area contributed by atoms with Gasteiger partial charge < -0.3 is 33.8 Å². The number of aliphatic hydroxyl groups excluding tert-OH is 1. The maximum atomic E-state index is 13.1. The standard InChI is InChI=1S/C79H154O17P2/c1-6-9-12-15-17-19-21-23-25-27-28-33-36-40-44-48-53-58-63-77(82)90-69-75(96-79(84)65-60-55-50-46-42-38-34-30-29-31-35-39-43-47-52-56-61-72(4)5)71-94-98(87,88)92-67-73(80)66-91-97(85,86)93-70-74(68-89-76(81)62-57-51-14-11-8-3)95-78(83)64-59-54-49-45-41-37-32-26-24-22-20-18-16-13-10-7-2/h72-75,80H,6-71H2,1-5H3,(H,85,86)(H,87,88)/t73-,74+,75+/m0/s1. The second-order valence-electron chi connectivity index (χ2n) is 28.9. The van der Waals surface area contributed by atoms with Gasteiger partial charge in [0.1, 0.15) is 19.3 Å². The predicted octanol–water partition coefficient (Wildman–Crippen LogP) is 23.6. The highest BCUT2D eigenvalue weighted by Gasteiger charge is 2.30. The predicted molar refractivity (Wildman–Crippen MR) is 400 cm³/mol. The number of hydrogen-bond donors (Lipinski definition) is 3. The smallest absolute Gasteiger partial charge is 0.462 e. The number of hydrogen-bond acceptors (Lipinski definition) is 15. The minimum absolute atomic E-state index is 0.108. The molecule has 0 aromatic carbocycles. The van der Waals surface area contributed by atoms with E-state index in [1.54, 1.807) is 0 Å². The van der Waals surface area contributed by atoms with Crippen LogP contribution >= 0.6 is 15.6 Å². The first kappa shape index (κ1) is 96.1. The molecular formula is C79H154O17P2. The molecule has 0 spiro atoms.